The smallest absolute Gasteiger partial charge is 0.259 e. The average Bonchev–Trinajstić information content (AvgIpc) is 3.07. The van der Waals surface area contributed by atoms with Gasteiger partial charge in [-0.25, -0.2) is 0 Å². The van der Waals surface area contributed by atoms with Crippen LogP contribution in [0.3, 0.4) is 0 Å². The van der Waals surface area contributed by atoms with Crippen molar-refractivity contribution in [2.75, 3.05) is 5.32 Å². The quantitative estimate of drug-likeness (QED) is 0.800. The number of hydrogen-bond donors (Lipinski definition) is 1. The van der Waals surface area contributed by atoms with Gasteiger partial charge in [-0.15, -0.1) is 0 Å². The molecule has 1 aromatic carbocycles. The summed E-state index contributed by atoms with van der Waals surface area (Å²) < 4.78 is 3.35. The normalized spacial score (nSPS) is 10.7. The molecule has 2 heterocycles. The van der Waals surface area contributed by atoms with Gasteiger partial charge in [0.25, 0.3) is 5.91 Å². The first-order valence-electron chi connectivity index (χ1n) is 7.10. The molecule has 0 atom stereocenters. The molecule has 0 saturated carbocycles. The molecule has 0 aliphatic carbocycles. The van der Waals surface area contributed by atoms with E-state index < -0.39 is 0 Å². The summed E-state index contributed by atoms with van der Waals surface area (Å²) >= 11 is 6.14. The molecular weight excluding hydrogens is 314 g/mol. The van der Waals surface area contributed by atoms with E-state index in [0.29, 0.717) is 28.5 Å². The van der Waals surface area contributed by atoms with Crippen molar-refractivity contribution >= 4 is 23.2 Å². The third-order valence-corrected chi connectivity index (χ3v) is 3.81. The third-order valence-electron chi connectivity index (χ3n) is 3.44. The van der Waals surface area contributed by atoms with E-state index in [1.165, 1.54) is 0 Å². The summed E-state index contributed by atoms with van der Waals surface area (Å²) in [7, 11) is 1.78. The Balaban J connectivity index is 1.71. The van der Waals surface area contributed by atoms with Gasteiger partial charge in [0.05, 0.1) is 29.7 Å². The van der Waals surface area contributed by atoms with Gasteiger partial charge in [-0.05, 0) is 18.6 Å². The summed E-state index contributed by atoms with van der Waals surface area (Å²) in [5, 5.41) is 11.9. The van der Waals surface area contributed by atoms with Crippen LogP contribution in [-0.2, 0) is 13.6 Å². The highest BCUT2D eigenvalue weighted by atomic mass is 35.5. The zero-order valence-corrected chi connectivity index (χ0v) is 13.6. The Morgan fingerprint density at radius 2 is 2.09 bits per heavy atom. The molecule has 1 amide bonds. The van der Waals surface area contributed by atoms with Crippen molar-refractivity contribution in [1.29, 1.82) is 0 Å². The molecule has 0 radical (unpaired) electrons. The molecule has 0 bridgehead atoms. The topological polar surface area (TPSA) is 64.7 Å². The van der Waals surface area contributed by atoms with Crippen molar-refractivity contribution in [3.8, 4) is 0 Å². The number of halogens is 1. The second-order valence-corrected chi connectivity index (χ2v) is 5.68. The zero-order chi connectivity index (χ0) is 16.4. The lowest BCUT2D eigenvalue weighted by molar-refractivity contribution is 0.102. The number of aryl methyl sites for hydroxylation is 2. The van der Waals surface area contributed by atoms with Crippen molar-refractivity contribution in [2.45, 2.75) is 13.5 Å². The second-order valence-electron chi connectivity index (χ2n) is 5.27. The van der Waals surface area contributed by atoms with Gasteiger partial charge in [0, 0.05) is 24.5 Å². The van der Waals surface area contributed by atoms with Crippen LogP contribution in [-0.4, -0.2) is 25.5 Å². The van der Waals surface area contributed by atoms with Crippen LogP contribution in [0.4, 0.5) is 5.69 Å². The summed E-state index contributed by atoms with van der Waals surface area (Å²) in [6.07, 6.45) is 5.08. The average molecular weight is 330 g/mol. The predicted octanol–water partition coefficient (Wildman–Crippen LogP) is 2.88. The maximum atomic E-state index is 12.2. The lowest BCUT2D eigenvalue weighted by Crippen LogP contribution is -2.12. The lowest BCUT2D eigenvalue weighted by atomic mass is 10.2. The first-order valence-corrected chi connectivity index (χ1v) is 7.48. The Morgan fingerprint density at radius 3 is 2.78 bits per heavy atom. The molecule has 0 unspecified atom stereocenters. The van der Waals surface area contributed by atoms with Crippen LogP contribution >= 0.6 is 11.6 Å². The van der Waals surface area contributed by atoms with Crippen LogP contribution in [0.15, 0.2) is 42.9 Å². The summed E-state index contributed by atoms with van der Waals surface area (Å²) in [4.78, 5) is 12.2. The number of carbonyl (C=O) groups is 1. The molecule has 0 spiro atoms. The summed E-state index contributed by atoms with van der Waals surface area (Å²) in [6, 6.07) is 7.60. The zero-order valence-electron chi connectivity index (χ0n) is 12.8. The van der Waals surface area contributed by atoms with Crippen LogP contribution < -0.4 is 5.32 Å². The minimum Gasteiger partial charge on any atom is -0.319 e. The van der Waals surface area contributed by atoms with Crippen molar-refractivity contribution < 1.29 is 4.79 Å². The van der Waals surface area contributed by atoms with Crippen molar-refractivity contribution in [3.63, 3.8) is 0 Å². The van der Waals surface area contributed by atoms with Gasteiger partial charge in [-0.2, -0.15) is 10.2 Å². The fraction of sp³-hybridized carbons (Fsp3) is 0.188. The highest BCUT2D eigenvalue weighted by Gasteiger charge is 2.13. The van der Waals surface area contributed by atoms with E-state index in [9.17, 15) is 4.79 Å². The number of carbonyl (C=O) groups excluding carboxylic acids is 1. The van der Waals surface area contributed by atoms with Crippen molar-refractivity contribution in [3.05, 3.63) is 64.7 Å². The monoisotopic (exact) mass is 329 g/mol. The molecule has 7 heteroatoms. The number of hydrogen-bond acceptors (Lipinski definition) is 3. The molecule has 118 valence electrons. The Labute approximate surface area is 138 Å². The number of rotatable bonds is 4. The molecule has 0 fully saturated rings. The minimum absolute atomic E-state index is 0.201. The van der Waals surface area contributed by atoms with Crippen molar-refractivity contribution in [1.82, 2.24) is 19.6 Å². The number of nitrogens with zero attached hydrogens (tertiary/aromatic N) is 4. The van der Waals surface area contributed by atoms with Gasteiger partial charge >= 0.3 is 0 Å². The number of anilines is 1. The van der Waals surface area contributed by atoms with Crippen LogP contribution in [0.2, 0.25) is 5.02 Å². The van der Waals surface area contributed by atoms with Gasteiger partial charge in [0.15, 0.2) is 0 Å². The number of benzene rings is 1. The summed E-state index contributed by atoms with van der Waals surface area (Å²) in [5.41, 5.74) is 2.84. The molecule has 2 aromatic heterocycles. The van der Waals surface area contributed by atoms with E-state index in [4.69, 9.17) is 11.6 Å². The number of amides is 1. The predicted molar refractivity (Wildman–Crippen MR) is 88.7 cm³/mol. The van der Waals surface area contributed by atoms with Gasteiger partial charge in [-0.3, -0.25) is 14.2 Å². The molecule has 3 rings (SSSR count). The minimum atomic E-state index is -0.201. The van der Waals surface area contributed by atoms with E-state index in [1.807, 2.05) is 24.3 Å². The maximum absolute atomic E-state index is 12.2. The molecule has 0 aliphatic heterocycles. The maximum Gasteiger partial charge on any atom is 0.259 e. The van der Waals surface area contributed by atoms with Crippen LogP contribution in [0.5, 0.6) is 0 Å². The lowest BCUT2D eigenvalue weighted by Gasteiger charge is -2.04. The highest BCUT2D eigenvalue weighted by molar-refractivity contribution is 6.31. The summed E-state index contributed by atoms with van der Waals surface area (Å²) in [6.45, 7) is 2.34. The molecule has 23 heavy (non-hydrogen) atoms. The van der Waals surface area contributed by atoms with Crippen LogP contribution in [0.25, 0.3) is 0 Å². The second kappa shape index (κ2) is 6.26. The Bertz CT molecular complexity index is 852. The standard InChI is InChI=1S/C16H16ClN5O/c1-11-14(10-21(2)20-11)16(23)19-13-7-18-22(9-13)8-12-5-3-4-6-15(12)17/h3-7,9-10H,8H2,1-2H3,(H,19,23). The van der Waals surface area contributed by atoms with Gasteiger partial charge in [-0.1, -0.05) is 29.8 Å². The molecule has 1 N–H and O–H groups in total. The molecule has 0 saturated heterocycles. The summed E-state index contributed by atoms with van der Waals surface area (Å²) in [5.74, 6) is -0.201. The number of aromatic nitrogens is 4. The van der Waals surface area contributed by atoms with Gasteiger partial charge in [0.1, 0.15) is 0 Å². The van der Waals surface area contributed by atoms with E-state index >= 15 is 0 Å². The van der Waals surface area contributed by atoms with Gasteiger partial charge in [0.2, 0.25) is 0 Å². The highest BCUT2D eigenvalue weighted by Crippen LogP contribution is 2.17. The SMILES string of the molecule is Cc1nn(C)cc1C(=O)Nc1cnn(Cc2ccccc2Cl)c1. The Kier molecular flexibility index (Phi) is 4.16. The third kappa shape index (κ3) is 3.43. The fourth-order valence-corrected chi connectivity index (χ4v) is 2.53. The van der Waals surface area contributed by atoms with Crippen LogP contribution in [0.1, 0.15) is 21.6 Å². The van der Waals surface area contributed by atoms with Crippen LogP contribution in [0, 0.1) is 6.92 Å². The largest absolute Gasteiger partial charge is 0.319 e. The van der Waals surface area contributed by atoms with Gasteiger partial charge < -0.3 is 5.32 Å². The molecule has 0 aliphatic rings. The van der Waals surface area contributed by atoms with E-state index in [-0.39, 0.29) is 5.91 Å². The molecular formula is C16H16ClN5O. The first-order chi connectivity index (χ1) is 11.0. The molecule has 3 aromatic rings. The fourth-order valence-electron chi connectivity index (χ4n) is 2.34. The molecule has 6 nitrogen and oxygen atoms in total. The van der Waals surface area contributed by atoms with E-state index in [1.54, 1.807) is 41.9 Å². The van der Waals surface area contributed by atoms with E-state index in [0.717, 1.165) is 5.56 Å². The number of nitrogens with one attached hydrogen (secondary N) is 1. The first kappa shape index (κ1) is 15.3. The van der Waals surface area contributed by atoms with Crippen molar-refractivity contribution in [2.24, 2.45) is 7.05 Å². The Hall–Kier alpha value is -2.60. The Morgan fingerprint density at radius 1 is 1.30 bits per heavy atom. The van der Waals surface area contributed by atoms with E-state index in [2.05, 4.69) is 15.5 Å².